The second kappa shape index (κ2) is 5.68. The lowest BCUT2D eigenvalue weighted by Gasteiger charge is -2.48. The molecule has 0 saturated heterocycles. The van der Waals surface area contributed by atoms with E-state index in [1.165, 1.54) is 36.1 Å². The average molecular weight is 311 g/mol. The fourth-order valence-corrected chi connectivity index (χ4v) is 3.85. The standard InChI is InChI=1S/C19H25N3O/c1-14-15(13-21-22(14)2)8-11-20-17-12-19(9-5-10-19)23-18-7-4-3-6-16(17)18/h3-4,6-7,13,17,20H,5,8-12H2,1-2H3/t17-/m0/s1. The predicted octanol–water partition coefficient (Wildman–Crippen LogP) is 3.31. The molecular weight excluding hydrogens is 286 g/mol. The van der Waals surface area contributed by atoms with E-state index in [1.54, 1.807) is 0 Å². The summed E-state index contributed by atoms with van der Waals surface area (Å²) in [5.74, 6) is 1.08. The molecule has 1 aliphatic heterocycles. The summed E-state index contributed by atoms with van der Waals surface area (Å²) in [6.07, 6.45) is 7.79. The number of aryl methyl sites for hydroxylation is 1. The Kier molecular flexibility index (Phi) is 3.64. The van der Waals surface area contributed by atoms with E-state index in [4.69, 9.17) is 4.74 Å². The molecule has 0 unspecified atom stereocenters. The van der Waals surface area contributed by atoms with Gasteiger partial charge in [-0.05, 0) is 50.8 Å². The SMILES string of the molecule is Cc1c(CCN[C@H]2CC3(CCC3)Oc3ccccc32)cnn1C. The molecule has 0 amide bonds. The Morgan fingerprint density at radius 3 is 2.87 bits per heavy atom. The van der Waals surface area contributed by atoms with Crippen molar-refractivity contribution in [2.24, 2.45) is 7.05 Å². The second-order valence-corrected chi connectivity index (χ2v) is 7.02. The molecule has 1 atom stereocenters. The molecule has 1 aromatic carbocycles. The Balaban J connectivity index is 1.46. The molecule has 0 bridgehead atoms. The zero-order chi connectivity index (χ0) is 15.9. The summed E-state index contributed by atoms with van der Waals surface area (Å²) in [5, 5.41) is 8.10. The van der Waals surface area contributed by atoms with Gasteiger partial charge in [0, 0.05) is 30.8 Å². The molecule has 0 radical (unpaired) electrons. The number of hydrogen-bond acceptors (Lipinski definition) is 3. The molecule has 1 N–H and O–H groups in total. The predicted molar refractivity (Wildman–Crippen MR) is 90.7 cm³/mol. The maximum absolute atomic E-state index is 6.32. The van der Waals surface area contributed by atoms with Crippen molar-refractivity contribution in [2.45, 2.75) is 50.7 Å². The molecule has 1 saturated carbocycles. The van der Waals surface area contributed by atoms with Gasteiger partial charge in [-0.3, -0.25) is 4.68 Å². The van der Waals surface area contributed by atoms with Crippen LogP contribution in [0.1, 0.15) is 48.5 Å². The van der Waals surface area contributed by atoms with Crippen molar-refractivity contribution in [3.8, 4) is 5.75 Å². The van der Waals surface area contributed by atoms with E-state index in [1.807, 2.05) is 17.9 Å². The molecule has 1 spiro atoms. The summed E-state index contributed by atoms with van der Waals surface area (Å²) in [4.78, 5) is 0. The van der Waals surface area contributed by atoms with Gasteiger partial charge in [0.1, 0.15) is 11.4 Å². The lowest BCUT2D eigenvalue weighted by molar-refractivity contribution is -0.0368. The van der Waals surface area contributed by atoms with Crippen molar-refractivity contribution >= 4 is 0 Å². The smallest absolute Gasteiger partial charge is 0.124 e. The molecule has 23 heavy (non-hydrogen) atoms. The summed E-state index contributed by atoms with van der Waals surface area (Å²) in [6, 6.07) is 8.91. The third-order valence-electron chi connectivity index (χ3n) is 5.58. The number of nitrogens with zero attached hydrogens (tertiary/aromatic N) is 2. The van der Waals surface area contributed by atoms with Gasteiger partial charge in [-0.2, -0.15) is 5.10 Å². The van der Waals surface area contributed by atoms with Crippen LogP contribution in [0.25, 0.3) is 0 Å². The quantitative estimate of drug-likeness (QED) is 0.941. The van der Waals surface area contributed by atoms with Crippen molar-refractivity contribution in [1.29, 1.82) is 0 Å². The molecule has 1 fully saturated rings. The maximum atomic E-state index is 6.32. The molecule has 4 nitrogen and oxygen atoms in total. The first-order chi connectivity index (χ1) is 11.2. The minimum absolute atomic E-state index is 0.0935. The van der Waals surface area contributed by atoms with Gasteiger partial charge in [0.2, 0.25) is 0 Å². The average Bonchev–Trinajstić information content (AvgIpc) is 2.85. The van der Waals surface area contributed by atoms with Crippen LogP contribution in [-0.4, -0.2) is 21.9 Å². The normalized spacial score (nSPS) is 21.6. The summed E-state index contributed by atoms with van der Waals surface area (Å²) in [7, 11) is 2.00. The van der Waals surface area contributed by atoms with E-state index in [0.29, 0.717) is 6.04 Å². The maximum Gasteiger partial charge on any atom is 0.124 e. The Morgan fingerprint density at radius 1 is 1.35 bits per heavy atom. The van der Waals surface area contributed by atoms with Crippen molar-refractivity contribution in [1.82, 2.24) is 15.1 Å². The fourth-order valence-electron chi connectivity index (χ4n) is 3.85. The number of para-hydroxylation sites is 1. The zero-order valence-electron chi connectivity index (χ0n) is 14.0. The van der Waals surface area contributed by atoms with Gasteiger partial charge in [-0.15, -0.1) is 0 Å². The van der Waals surface area contributed by atoms with E-state index >= 15 is 0 Å². The first-order valence-corrected chi connectivity index (χ1v) is 8.66. The van der Waals surface area contributed by atoms with Crippen LogP contribution in [0.2, 0.25) is 0 Å². The van der Waals surface area contributed by atoms with Crippen LogP contribution in [0.3, 0.4) is 0 Å². The molecule has 1 aromatic heterocycles. The van der Waals surface area contributed by atoms with Crippen molar-refractivity contribution in [3.05, 3.63) is 47.3 Å². The van der Waals surface area contributed by atoms with Crippen molar-refractivity contribution < 1.29 is 4.74 Å². The van der Waals surface area contributed by atoms with Crippen LogP contribution in [0, 0.1) is 6.92 Å². The minimum Gasteiger partial charge on any atom is -0.487 e. The van der Waals surface area contributed by atoms with E-state index in [0.717, 1.165) is 25.1 Å². The summed E-state index contributed by atoms with van der Waals surface area (Å²) in [6.45, 7) is 3.11. The largest absolute Gasteiger partial charge is 0.487 e. The van der Waals surface area contributed by atoms with Crippen molar-refractivity contribution in [3.63, 3.8) is 0 Å². The van der Waals surface area contributed by atoms with Gasteiger partial charge < -0.3 is 10.1 Å². The molecule has 2 aliphatic rings. The second-order valence-electron chi connectivity index (χ2n) is 7.02. The molecule has 4 heteroatoms. The third kappa shape index (κ3) is 2.65. The van der Waals surface area contributed by atoms with E-state index in [-0.39, 0.29) is 5.60 Å². The van der Waals surface area contributed by atoms with Gasteiger partial charge in [-0.25, -0.2) is 0 Å². The van der Waals surface area contributed by atoms with Crippen molar-refractivity contribution in [2.75, 3.05) is 6.54 Å². The van der Waals surface area contributed by atoms with E-state index in [2.05, 4.69) is 41.6 Å². The van der Waals surface area contributed by atoms with Gasteiger partial charge in [-0.1, -0.05) is 18.2 Å². The Bertz CT molecular complexity index is 702. The molecule has 2 heterocycles. The van der Waals surface area contributed by atoms with Crippen LogP contribution in [-0.2, 0) is 13.5 Å². The lowest BCUT2D eigenvalue weighted by Crippen LogP contribution is -2.49. The van der Waals surface area contributed by atoms with Crippen LogP contribution in [0.4, 0.5) is 0 Å². The number of benzene rings is 1. The van der Waals surface area contributed by atoms with Crippen LogP contribution < -0.4 is 10.1 Å². The first-order valence-electron chi connectivity index (χ1n) is 8.66. The minimum atomic E-state index is 0.0935. The van der Waals surface area contributed by atoms with Gasteiger partial charge in [0.05, 0.1) is 6.20 Å². The number of hydrogen-bond donors (Lipinski definition) is 1. The summed E-state index contributed by atoms with van der Waals surface area (Å²) in [5.41, 5.74) is 4.00. The highest BCUT2D eigenvalue weighted by molar-refractivity contribution is 5.39. The number of rotatable bonds is 4. The van der Waals surface area contributed by atoms with Crippen LogP contribution in [0.15, 0.2) is 30.5 Å². The van der Waals surface area contributed by atoms with Crippen LogP contribution in [0.5, 0.6) is 5.75 Å². The molecule has 2 aromatic rings. The van der Waals surface area contributed by atoms with E-state index in [9.17, 15) is 0 Å². The molecular formula is C19H25N3O. The molecule has 122 valence electrons. The zero-order valence-corrected chi connectivity index (χ0v) is 14.0. The van der Waals surface area contributed by atoms with Gasteiger partial charge in [0.25, 0.3) is 0 Å². The summed E-state index contributed by atoms with van der Waals surface area (Å²) < 4.78 is 8.27. The Labute approximate surface area is 137 Å². The highest BCUT2D eigenvalue weighted by atomic mass is 16.5. The molecule has 4 rings (SSSR count). The Hall–Kier alpha value is -1.81. The van der Waals surface area contributed by atoms with Crippen LogP contribution >= 0.6 is 0 Å². The monoisotopic (exact) mass is 311 g/mol. The summed E-state index contributed by atoms with van der Waals surface area (Å²) >= 11 is 0. The lowest BCUT2D eigenvalue weighted by atomic mass is 9.73. The Morgan fingerprint density at radius 2 is 2.17 bits per heavy atom. The highest BCUT2D eigenvalue weighted by Gasteiger charge is 2.45. The first kappa shape index (κ1) is 14.8. The number of fused-ring (bicyclic) bond motifs is 1. The number of aromatic nitrogens is 2. The third-order valence-corrected chi connectivity index (χ3v) is 5.58. The van der Waals surface area contributed by atoms with E-state index < -0.39 is 0 Å². The van der Waals surface area contributed by atoms with Gasteiger partial charge in [0.15, 0.2) is 0 Å². The topological polar surface area (TPSA) is 39.1 Å². The molecule has 1 aliphatic carbocycles. The number of nitrogens with one attached hydrogen (secondary N) is 1. The van der Waals surface area contributed by atoms with Gasteiger partial charge >= 0.3 is 0 Å². The fraction of sp³-hybridized carbons (Fsp3) is 0.526. The highest BCUT2D eigenvalue weighted by Crippen LogP contribution is 2.48. The number of ether oxygens (including phenoxy) is 1.